The van der Waals surface area contributed by atoms with Crippen LogP contribution in [0.1, 0.15) is 62.1 Å². The number of nitrogens with zero attached hydrogens (tertiary/aromatic N) is 1. The van der Waals surface area contributed by atoms with Gasteiger partial charge in [0.25, 0.3) is 5.91 Å². The number of carbonyl (C=O) groups excluding carboxylic acids is 1. The molecule has 1 aromatic rings. The minimum absolute atomic E-state index is 0.215. The number of ether oxygens (including phenoxy) is 1. The van der Waals surface area contributed by atoms with Crippen LogP contribution in [0.25, 0.3) is 0 Å². The predicted octanol–water partition coefficient (Wildman–Crippen LogP) is 4.43. The van der Waals surface area contributed by atoms with E-state index < -0.39 is 0 Å². The van der Waals surface area contributed by atoms with Gasteiger partial charge in [0.2, 0.25) is 0 Å². The number of fused-ring (bicyclic) bond motifs is 1. The van der Waals surface area contributed by atoms with Crippen molar-refractivity contribution in [1.82, 2.24) is 4.90 Å². The van der Waals surface area contributed by atoms with E-state index in [1.54, 1.807) is 0 Å². The number of amides is 1. The molecule has 4 rings (SSSR count). The molecular weight excluding hydrogens is 310 g/mol. The Balaban J connectivity index is 1.60. The molecule has 3 atom stereocenters. The molecular formula is C22H29NO2. The van der Waals surface area contributed by atoms with E-state index in [0.29, 0.717) is 5.92 Å². The number of allylic oxidation sites excluding steroid dienone is 2. The maximum atomic E-state index is 13.3. The molecule has 134 valence electrons. The Kier molecular flexibility index (Phi) is 5.21. The second-order valence-corrected chi connectivity index (χ2v) is 7.75. The maximum Gasteiger partial charge on any atom is 0.252 e. The summed E-state index contributed by atoms with van der Waals surface area (Å²) in [5, 5.41) is 0. The lowest BCUT2D eigenvalue weighted by Crippen LogP contribution is -2.45. The van der Waals surface area contributed by atoms with Gasteiger partial charge in [-0.05, 0) is 68.4 Å². The zero-order valence-electron chi connectivity index (χ0n) is 15.0. The summed E-state index contributed by atoms with van der Waals surface area (Å²) in [5.41, 5.74) is 2.79. The first-order valence-corrected chi connectivity index (χ1v) is 9.98. The molecule has 3 nitrogen and oxygen atoms in total. The Hall–Kier alpha value is -1.61. The third kappa shape index (κ3) is 3.67. The van der Waals surface area contributed by atoms with Crippen LogP contribution >= 0.6 is 0 Å². The van der Waals surface area contributed by atoms with Crippen molar-refractivity contribution in [1.29, 1.82) is 0 Å². The third-order valence-electron chi connectivity index (χ3n) is 6.03. The molecule has 1 amide bonds. The summed E-state index contributed by atoms with van der Waals surface area (Å²) in [5.74, 6) is 0.818. The summed E-state index contributed by atoms with van der Waals surface area (Å²) >= 11 is 0. The van der Waals surface area contributed by atoms with E-state index >= 15 is 0 Å². The highest BCUT2D eigenvalue weighted by Gasteiger charge is 2.35. The van der Waals surface area contributed by atoms with Crippen LogP contribution in [-0.2, 0) is 16.0 Å². The van der Waals surface area contributed by atoms with Crippen molar-refractivity contribution in [3.05, 3.63) is 47.5 Å². The van der Waals surface area contributed by atoms with E-state index in [-0.39, 0.29) is 18.1 Å². The van der Waals surface area contributed by atoms with Gasteiger partial charge in [0.05, 0.1) is 6.04 Å². The predicted molar refractivity (Wildman–Crippen MR) is 99.3 cm³/mol. The molecule has 0 bridgehead atoms. The van der Waals surface area contributed by atoms with Crippen molar-refractivity contribution in [3.8, 4) is 0 Å². The molecule has 1 aromatic carbocycles. The van der Waals surface area contributed by atoms with Crippen molar-refractivity contribution >= 4 is 5.91 Å². The Labute approximate surface area is 151 Å². The Bertz CT molecular complexity index is 633. The SMILES string of the molecule is O=C([C@@H]1CCCO1)N(C[C@H]1CC=CCC1)[C@@H]1CCCc2ccccc21. The molecule has 0 unspecified atom stereocenters. The van der Waals surface area contributed by atoms with Crippen LogP contribution in [-0.4, -0.2) is 30.1 Å². The standard InChI is InChI=1S/C22H29NO2/c24-22(21-14-7-15-25-21)23(16-17-8-2-1-3-9-17)20-13-6-11-18-10-4-5-12-19(18)20/h1-2,4-5,10,12,17,20-21H,3,6-9,11,13-16H2/t17-,20+,21-/m0/s1. The fourth-order valence-electron chi connectivity index (χ4n) is 4.68. The topological polar surface area (TPSA) is 29.5 Å². The lowest BCUT2D eigenvalue weighted by molar-refractivity contribution is -0.144. The molecule has 2 aliphatic carbocycles. The van der Waals surface area contributed by atoms with Crippen molar-refractivity contribution in [2.75, 3.05) is 13.2 Å². The van der Waals surface area contributed by atoms with E-state index in [4.69, 9.17) is 4.74 Å². The van der Waals surface area contributed by atoms with Crippen molar-refractivity contribution in [3.63, 3.8) is 0 Å². The van der Waals surface area contributed by atoms with Crippen LogP contribution in [0.3, 0.4) is 0 Å². The van der Waals surface area contributed by atoms with E-state index in [1.165, 1.54) is 24.0 Å². The minimum atomic E-state index is -0.215. The van der Waals surface area contributed by atoms with Gasteiger partial charge in [0, 0.05) is 13.2 Å². The number of hydrogen-bond acceptors (Lipinski definition) is 2. The van der Waals surface area contributed by atoms with Crippen molar-refractivity contribution in [2.45, 2.75) is 63.5 Å². The normalized spacial score (nSPS) is 28.6. The largest absolute Gasteiger partial charge is 0.368 e. The summed E-state index contributed by atoms with van der Waals surface area (Å²) in [6.07, 6.45) is 13.1. The first-order chi connectivity index (χ1) is 12.3. The summed E-state index contributed by atoms with van der Waals surface area (Å²) in [4.78, 5) is 15.5. The smallest absolute Gasteiger partial charge is 0.252 e. The van der Waals surface area contributed by atoms with Crippen LogP contribution in [0.2, 0.25) is 0 Å². The fourth-order valence-corrected chi connectivity index (χ4v) is 4.68. The van der Waals surface area contributed by atoms with E-state index in [0.717, 1.165) is 51.7 Å². The minimum Gasteiger partial charge on any atom is -0.368 e. The van der Waals surface area contributed by atoms with Crippen LogP contribution < -0.4 is 0 Å². The van der Waals surface area contributed by atoms with E-state index in [9.17, 15) is 4.79 Å². The van der Waals surface area contributed by atoms with Gasteiger partial charge in [-0.15, -0.1) is 0 Å². The number of aryl methyl sites for hydroxylation is 1. The van der Waals surface area contributed by atoms with Crippen molar-refractivity contribution < 1.29 is 9.53 Å². The zero-order chi connectivity index (χ0) is 17.1. The molecule has 0 spiro atoms. The molecule has 1 aliphatic heterocycles. The Morgan fingerprint density at radius 2 is 2.04 bits per heavy atom. The quantitative estimate of drug-likeness (QED) is 0.760. The maximum absolute atomic E-state index is 13.3. The lowest BCUT2D eigenvalue weighted by atomic mass is 9.85. The fraction of sp³-hybridized carbons (Fsp3) is 0.591. The van der Waals surface area contributed by atoms with Gasteiger partial charge in [-0.1, -0.05) is 36.4 Å². The summed E-state index contributed by atoms with van der Waals surface area (Å²) in [6, 6.07) is 8.94. The van der Waals surface area contributed by atoms with Crippen LogP contribution in [0.5, 0.6) is 0 Å². The van der Waals surface area contributed by atoms with Gasteiger partial charge in [-0.2, -0.15) is 0 Å². The number of benzene rings is 1. The number of rotatable bonds is 4. The molecule has 0 radical (unpaired) electrons. The first kappa shape index (κ1) is 16.8. The third-order valence-corrected chi connectivity index (χ3v) is 6.03. The average molecular weight is 339 g/mol. The lowest BCUT2D eigenvalue weighted by Gasteiger charge is -2.39. The van der Waals surface area contributed by atoms with Crippen LogP contribution in [0, 0.1) is 5.92 Å². The molecule has 1 fully saturated rings. The van der Waals surface area contributed by atoms with E-state index in [2.05, 4.69) is 41.3 Å². The number of hydrogen-bond donors (Lipinski definition) is 0. The van der Waals surface area contributed by atoms with E-state index in [1.807, 2.05) is 0 Å². The Morgan fingerprint density at radius 1 is 1.12 bits per heavy atom. The Morgan fingerprint density at radius 3 is 2.84 bits per heavy atom. The highest BCUT2D eigenvalue weighted by atomic mass is 16.5. The zero-order valence-corrected chi connectivity index (χ0v) is 15.0. The summed E-state index contributed by atoms with van der Waals surface area (Å²) in [7, 11) is 0. The molecule has 0 saturated carbocycles. The van der Waals surface area contributed by atoms with Crippen LogP contribution in [0.15, 0.2) is 36.4 Å². The monoisotopic (exact) mass is 339 g/mol. The highest BCUT2D eigenvalue weighted by molar-refractivity contribution is 5.81. The van der Waals surface area contributed by atoms with Gasteiger partial charge < -0.3 is 9.64 Å². The van der Waals surface area contributed by atoms with Crippen LogP contribution in [0.4, 0.5) is 0 Å². The second-order valence-electron chi connectivity index (χ2n) is 7.75. The molecule has 3 aliphatic rings. The molecule has 1 heterocycles. The van der Waals surface area contributed by atoms with Gasteiger partial charge in [0.1, 0.15) is 6.10 Å². The molecule has 25 heavy (non-hydrogen) atoms. The summed E-state index contributed by atoms with van der Waals surface area (Å²) in [6.45, 7) is 1.61. The number of carbonyl (C=O) groups is 1. The van der Waals surface area contributed by atoms with Gasteiger partial charge >= 0.3 is 0 Å². The molecule has 0 N–H and O–H groups in total. The average Bonchev–Trinajstić information content (AvgIpc) is 3.21. The van der Waals surface area contributed by atoms with Gasteiger partial charge in [-0.3, -0.25) is 4.79 Å². The van der Waals surface area contributed by atoms with Gasteiger partial charge in [-0.25, -0.2) is 0 Å². The highest BCUT2D eigenvalue weighted by Crippen LogP contribution is 2.36. The summed E-state index contributed by atoms with van der Waals surface area (Å²) < 4.78 is 5.76. The molecule has 3 heteroatoms. The first-order valence-electron chi connectivity index (χ1n) is 9.98. The molecule has 0 aromatic heterocycles. The molecule has 1 saturated heterocycles. The van der Waals surface area contributed by atoms with Crippen molar-refractivity contribution in [2.24, 2.45) is 5.92 Å². The second kappa shape index (κ2) is 7.74. The van der Waals surface area contributed by atoms with Gasteiger partial charge in [0.15, 0.2) is 0 Å².